The molecule has 1 saturated heterocycles. The molecule has 0 N–H and O–H groups in total. The van der Waals surface area contributed by atoms with Crippen LogP contribution in [-0.4, -0.2) is 42.7 Å². The van der Waals surface area contributed by atoms with Crippen molar-refractivity contribution in [2.24, 2.45) is 0 Å². The fraction of sp³-hybridized carbons (Fsp3) is 0.533. The molecule has 3 rings (SSSR count). The summed E-state index contributed by atoms with van der Waals surface area (Å²) in [6, 6.07) is 5.73. The molecule has 2 aliphatic heterocycles. The number of ether oxygens (including phenoxy) is 2. The summed E-state index contributed by atoms with van der Waals surface area (Å²) >= 11 is 0. The van der Waals surface area contributed by atoms with Gasteiger partial charge in [0, 0.05) is 25.1 Å². The fourth-order valence-corrected chi connectivity index (χ4v) is 2.85. The lowest BCUT2D eigenvalue weighted by atomic mass is 10.1. The predicted octanol–water partition coefficient (Wildman–Crippen LogP) is 1.87. The van der Waals surface area contributed by atoms with Crippen molar-refractivity contribution < 1.29 is 14.3 Å². The van der Waals surface area contributed by atoms with Crippen molar-refractivity contribution in [1.29, 1.82) is 0 Å². The number of carbonyl (C=O) groups is 1. The largest absolute Gasteiger partial charge is 0.493 e. The molecular formula is C15H19NO3. The van der Waals surface area contributed by atoms with E-state index in [-0.39, 0.29) is 18.1 Å². The molecule has 4 nitrogen and oxygen atoms in total. The van der Waals surface area contributed by atoms with E-state index in [0.717, 1.165) is 29.9 Å². The molecular weight excluding hydrogens is 242 g/mol. The lowest BCUT2D eigenvalue weighted by molar-refractivity contribution is -0.0586. The van der Waals surface area contributed by atoms with Gasteiger partial charge in [-0.05, 0) is 37.6 Å². The van der Waals surface area contributed by atoms with Gasteiger partial charge in [0.2, 0.25) is 0 Å². The second-order valence-corrected chi connectivity index (χ2v) is 5.39. The van der Waals surface area contributed by atoms with Crippen LogP contribution in [0.2, 0.25) is 0 Å². The second-order valence-electron chi connectivity index (χ2n) is 5.39. The summed E-state index contributed by atoms with van der Waals surface area (Å²) in [5.41, 5.74) is 1.89. The molecule has 1 aromatic carbocycles. The van der Waals surface area contributed by atoms with E-state index in [1.54, 1.807) is 0 Å². The molecule has 1 amide bonds. The van der Waals surface area contributed by atoms with Gasteiger partial charge in [-0.1, -0.05) is 0 Å². The van der Waals surface area contributed by atoms with Crippen LogP contribution in [0, 0.1) is 0 Å². The molecule has 2 aliphatic rings. The smallest absolute Gasteiger partial charge is 0.254 e. The molecule has 0 saturated carbocycles. The molecule has 0 spiro atoms. The topological polar surface area (TPSA) is 38.8 Å². The SMILES string of the molecule is CC1CN(C(=O)c2ccc3c(c2)CCO3)CC(C)O1. The lowest BCUT2D eigenvalue weighted by Gasteiger charge is -2.35. The van der Waals surface area contributed by atoms with Crippen LogP contribution in [-0.2, 0) is 11.2 Å². The van der Waals surface area contributed by atoms with Crippen LogP contribution in [0.1, 0.15) is 29.8 Å². The van der Waals surface area contributed by atoms with Crippen molar-refractivity contribution in [1.82, 2.24) is 4.90 Å². The van der Waals surface area contributed by atoms with Gasteiger partial charge in [-0.2, -0.15) is 0 Å². The third kappa shape index (κ3) is 2.45. The Morgan fingerprint density at radius 2 is 2.00 bits per heavy atom. The molecule has 4 heteroatoms. The van der Waals surface area contributed by atoms with Crippen LogP contribution in [0.3, 0.4) is 0 Å². The van der Waals surface area contributed by atoms with Gasteiger partial charge in [0.1, 0.15) is 5.75 Å². The number of morpholine rings is 1. The standard InChI is InChI=1S/C15H19NO3/c1-10-8-16(9-11(2)19-10)15(17)13-3-4-14-12(7-13)5-6-18-14/h3-4,7,10-11H,5-6,8-9H2,1-2H3. The van der Waals surface area contributed by atoms with E-state index in [2.05, 4.69) is 0 Å². The highest BCUT2D eigenvalue weighted by molar-refractivity contribution is 5.94. The molecule has 0 bridgehead atoms. The molecule has 2 unspecified atom stereocenters. The molecule has 0 aliphatic carbocycles. The predicted molar refractivity (Wildman–Crippen MR) is 71.6 cm³/mol. The van der Waals surface area contributed by atoms with Gasteiger partial charge in [-0.15, -0.1) is 0 Å². The lowest BCUT2D eigenvalue weighted by Crippen LogP contribution is -2.48. The third-order valence-corrected chi connectivity index (χ3v) is 3.64. The normalized spacial score (nSPS) is 25.9. The van der Waals surface area contributed by atoms with E-state index in [0.29, 0.717) is 13.1 Å². The van der Waals surface area contributed by atoms with Gasteiger partial charge < -0.3 is 14.4 Å². The van der Waals surface area contributed by atoms with Gasteiger partial charge in [0.15, 0.2) is 0 Å². The van der Waals surface area contributed by atoms with Crippen molar-refractivity contribution in [2.75, 3.05) is 19.7 Å². The van der Waals surface area contributed by atoms with Crippen LogP contribution in [0.4, 0.5) is 0 Å². The first kappa shape index (κ1) is 12.5. The minimum atomic E-state index is 0.0942. The van der Waals surface area contributed by atoms with E-state index in [1.807, 2.05) is 36.9 Å². The maximum atomic E-state index is 12.5. The van der Waals surface area contributed by atoms with Crippen molar-refractivity contribution in [3.63, 3.8) is 0 Å². The number of nitrogens with zero attached hydrogens (tertiary/aromatic N) is 1. The highest BCUT2D eigenvalue weighted by atomic mass is 16.5. The van der Waals surface area contributed by atoms with Gasteiger partial charge in [0.05, 0.1) is 18.8 Å². The van der Waals surface area contributed by atoms with Crippen molar-refractivity contribution in [2.45, 2.75) is 32.5 Å². The molecule has 0 aromatic heterocycles. The number of hydrogen-bond donors (Lipinski definition) is 0. The Labute approximate surface area is 113 Å². The van der Waals surface area contributed by atoms with Crippen LogP contribution >= 0.6 is 0 Å². The summed E-state index contributed by atoms with van der Waals surface area (Å²) in [6.45, 7) is 6.06. The molecule has 1 fully saturated rings. The molecule has 2 heterocycles. The van der Waals surface area contributed by atoms with Crippen LogP contribution in [0.5, 0.6) is 5.75 Å². The Kier molecular flexibility index (Phi) is 3.19. The second kappa shape index (κ2) is 4.85. The Morgan fingerprint density at radius 1 is 1.26 bits per heavy atom. The highest BCUT2D eigenvalue weighted by Gasteiger charge is 2.27. The van der Waals surface area contributed by atoms with Crippen molar-refractivity contribution in [3.8, 4) is 5.75 Å². The molecule has 102 valence electrons. The average Bonchev–Trinajstić information content (AvgIpc) is 2.83. The Bertz CT molecular complexity index is 490. The van der Waals surface area contributed by atoms with Crippen molar-refractivity contribution in [3.05, 3.63) is 29.3 Å². The first-order valence-corrected chi connectivity index (χ1v) is 6.84. The van der Waals surface area contributed by atoms with Gasteiger partial charge in [-0.25, -0.2) is 0 Å². The first-order chi connectivity index (χ1) is 9.13. The van der Waals surface area contributed by atoms with Gasteiger partial charge >= 0.3 is 0 Å². The maximum Gasteiger partial charge on any atom is 0.254 e. The number of amides is 1. The number of rotatable bonds is 1. The zero-order valence-electron chi connectivity index (χ0n) is 11.4. The quantitative estimate of drug-likeness (QED) is 0.774. The monoisotopic (exact) mass is 261 g/mol. The molecule has 0 radical (unpaired) electrons. The fourth-order valence-electron chi connectivity index (χ4n) is 2.85. The summed E-state index contributed by atoms with van der Waals surface area (Å²) in [4.78, 5) is 14.4. The van der Waals surface area contributed by atoms with Gasteiger partial charge in [0.25, 0.3) is 5.91 Å². The first-order valence-electron chi connectivity index (χ1n) is 6.84. The van der Waals surface area contributed by atoms with Gasteiger partial charge in [-0.3, -0.25) is 4.79 Å². The van der Waals surface area contributed by atoms with Crippen LogP contribution < -0.4 is 4.74 Å². The Morgan fingerprint density at radius 3 is 2.74 bits per heavy atom. The number of hydrogen-bond acceptors (Lipinski definition) is 3. The van der Waals surface area contributed by atoms with Crippen molar-refractivity contribution >= 4 is 5.91 Å². The molecule has 19 heavy (non-hydrogen) atoms. The minimum Gasteiger partial charge on any atom is -0.493 e. The van der Waals surface area contributed by atoms with Crippen LogP contribution in [0.25, 0.3) is 0 Å². The van der Waals surface area contributed by atoms with E-state index >= 15 is 0 Å². The van der Waals surface area contributed by atoms with E-state index in [9.17, 15) is 4.79 Å². The molecule has 2 atom stereocenters. The zero-order valence-corrected chi connectivity index (χ0v) is 11.4. The number of fused-ring (bicyclic) bond motifs is 1. The summed E-state index contributed by atoms with van der Waals surface area (Å²) in [6.07, 6.45) is 1.10. The summed E-state index contributed by atoms with van der Waals surface area (Å²) in [7, 11) is 0. The maximum absolute atomic E-state index is 12.5. The zero-order chi connectivity index (χ0) is 13.4. The minimum absolute atomic E-state index is 0.0942. The third-order valence-electron chi connectivity index (χ3n) is 3.64. The molecule has 1 aromatic rings. The van der Waals surface area contributed by atoms with E-state index in [1.165, 1.54) is 0 Å². The average molecular weight is 261 g/mol. The van der Waals surface area contributed by atoms with E-state index in [4.69, 9.17) is 9.47 Å². The van der Waals surface area contributed by atoms with E-state index < -0.39 is 0 Å². The Balaban J connectivity index is 1.80. The summed E-state index contributed by atoms with van der Waals surface area (Å²) < 4.78 is 11.1. The highest BCUT2D eigenvalue weighted by Crippen LogP contribution is 2.26. The summed E-state index contributed by atoms with van der Waals surface area (Å²) in [5.74, 6) is 1.01. The Hall–Kier alpha value is -1.55. The number of carbonyl (C=O) groups excluding carboxylic acids is 1. The van der Waals surface area contributed by atoms with Crippen LogP contribution in [0.15, 0.2) is 18.2 Å². The summed E-state index contributed by atoms with van der Waals surface area (Å²) in [5, 5.41) is 0. The number of benzene rings is 1.